The Morgan fingerprint density at radius 2 is 1.48 bits per heavy atom. The van der Waals surface area contributed by atoms with Crippen molar-refractivity contribution in [3.05, 3.63) is 12.2 Å². The molecule has 0 spiro atoms. The minimum absolute atomic E-state index is 0.591. The molecule has 0 bridgehead atoms. The average Bonchev–Trinajstić information content (AvgIpc) is 2.28. The van der Waals surface area contributed by atoms with Crippen LogP contribution < -0.4 is 0 Å². The molecule has 0 saturated carbocycles. The fourth-order valence-corrected chi connectivity index (χ4v) is 0.893. The van der Waals surface area contributed by atoms with E-state index in [-0.39, 0.29) is 0 Å². The Hall–Kier alpha value is -1.74. The molecule has 0 N–H and O–H groups in total. The fourth-order valence-electron chi connectivity index (χ4n) is 0.893. The van der Waals surface area contributed by atoms with Crippen molar-refractivity contribution in [1.29, 1.82) is 0 Å². The molecule has 0 aromatic rings. The highest BCUT2D eigenvalue weighted by atomic mass is 19.4. The van der Waals surface area contributed by atoms with Gasteiger partial charge in [0.25, 0.3) is 6.10 Å². The van der Waals surface area contributed by atoms with Crippen LogP contribution in [0.2, 0.25) is 0 Å². The minimum atomic E-state index is -5.82. The summed E-state index contributed by atoms with van der Waals surface area (Å²) < 4.78 is 80.7. The Bertz CT molecular complexity index is 396. The first-order valence-electron chi connectivity index (χ1n) is 5.45. The van der Waals surface area contributed by atoms with E-state index in [1.165, 1.54) is 13.8 Å². The van der Waals surface area contributed by atoms with E-state index in [2.05, 4.69) is 16.1 Å². The van der Waals surface area contributed by atoms with Gasteiger partial charge in [-0.2, -0.15) is 26.3 Å². The largest absolute Gasteiger partial charge is 0.460 e. The molecule has 0 heterocycles. The van der Waals surface area contributed by atoms with Crippen LogP contribution in [-0.2, 0) is 19.1 Å². The second-order valence-electron chi connectivity index (χ2n) is 4.23. The Kier molecular flexibility index (Phi) is 6.25. The number of carbonyl (C=O) groups excluding carboxylic acids is 2. The lowest BCUT2D eigenvalue weighted by Crippen LogP contribution is -2.45. The molecule has 0 aliphatic carbocycles. The lowest BCUT2D eigenvalue weighted by atomic mass is 10.2. The van der Waals surface area contributed by atoms with Crippen molar-refractivity contribution in [3.8, 4) is 0 Å². The number of alkyl halides is 6. The summed E-state index contributed by atoms with van der Waals surface area (Å²) in [5, 5.41) is 0. The first kappa shape index (κ1) is 19.3. The maximum Gasteiger partial charge on any atom is 0.434 e. The molecule has 0 rings (SSSR count). The molecule has 21 heavy (non-hydrogen) atoms. The number of hydrogen-bond donors (Lipinski definition) is 0. The molecule has 4 nitrogen and oxygen atoms in total. The predicted octanol–water partition coefficient (Wildman–Crippen LogP) is 2.78. The van der Waals surface area contributed by atoms with Gasteiger partial charge in [-0.1, -0.05) is 20.4 Å². The first-order valence-corrected chi connectivity index (χ1v) is 5.45. The average molecular weight is 322 g/mol. The van der Waals surface area contributed by atoms with E-state index in [0.717, 1.165) is 0 Å². The first-order chi connectivity index (χ1) is 9.26. The maximum absolute atomic E-state index is 12.1. The van der Waals surface area contributed by atoms with Gasteiger partial charge in [0.1, 0.15) is 6.61 Å². The van der Waals surface area contributed by atoms with Gasteiger partial charge >= 0.3 is 24.3 Å². The van der Waals surface area contributed by atoms with E-state index >= 15 is 0 Å². The molecular formula is C11H12F6O4. The van der Waals surface area contributed by atoms with Gasteiger partial charge in [0.2, 0.25) is 0 Å². The number of esters is 2. The van der Waals surface area contributed by atoms with Crippen LogP contribution in [-0.4, -0.2) is 37.0 Å². The molecule has 0 saturated heterocycles. The molecular weight excluding hydrogens is 310 g/mol. The van der Waals surface area contributed by atoms with Crippen LogP contribution in [0, 0.1) is 5.92 Å². The molecule has 122 valence electrons. The lowest BCUT2D eigenvalue weighted by molar-refractivity contribution is -0.312. The SMILES string of the molecule is C=C(COC(=O)C(C)C)C(=O)OC(C(F)(F)F)C(F)(F)F. The normalized spacial score (nSPS) is 12.5. The summed E-state index contributed by atoms with van der Waals surface area (Å²) in [5.74, 6) is -3.34. The fraction of sp³-hybridized carbons (Fsp3) is 0.636. The Morgan fingerprint density at radius 1 is 1.05 bits per heavy atom. The molecule has 0 amide bonds. The van der Waals surface area contributed by atoms with Crippen LogP contribution in [0.4, 0.5) is 26.3 Å². The second-order valence-corrected chi connectivity index (χ2v) is 4.23. The molecule has 0 radical (unpaired) electrons. The number of carbonyl (C=O) groups is 2. The van der Waals surface area contributed by atoms with E-state index in [1.54, 1.807) is 0 Å². The van der Waals surface area contributed by atoms with Gasteiger partial charge in [-0.05, 0) is 0 Å². The third-order valence-corrected chi connectivity index (χ3v) is 1.97. The number of ether oxygens (including phenoxy) is 2. The monoisotopic (exact) mass is 322 g/mol. The van der Waals surface area contributed by atoms with Crippen molar-refractivity contribution in [2.75, 3.05) is 6.61 Å². The van der Waals surface area contributed by atoms with Gasteiger partial charge in [0, 0.05) is 0 Å². The number of hydrogen-bond acceptors (Lipinski definition) is 4. The summed E-state index contributed by atoms with van der Waals surface area (Å²) in [4.78, 5) is 22.2. The lowest BCUT2D eigenvalue weighted by Gasteiger charge is -2.23. The zero-order chi connectivity index (χ0) is 17.0. The summed E-state index contributed by atoms with van der Waals surface area (Å²) in [5.41, 5.74) is -0.845. The smallest absolute Gasteiger partial charge is 0.434 e. The van der Waals surface area contributed by atoms with Crippen molar-refractivity contribution in [2.24, 2.45) is 5.92 Å². The molecule has 0 aliphatic rings. The van der Waals surface area contributed by atoms with Crippen LogP contribution in [0.5, 0.6) is 0 Å². The van der Waals surface area contributed by atoms with Gasteiger partial charge in [-0.15, -0.1) is 0 Å². The predicted molar refractivity (Wildman–Crippen MR) is 56.9 cm³/mol. The Labute approximate surface area is 115 Å². The summed E-state index contributed by atoms with van der Waals surface area (Å²) in [6, 6.07) is 0. The highest BCUT2D eigenvalue weighted by molar-refractivity contribution is 5.88. The third kappa shape index (κ3) is 6.50. The minimum Gasteiger partial charge on any atom is -0.460 e. The van der Waals surface area contributed by atoms with Crippen molar-refractivity contribution < 1.29 is 45.4 Å². The summed E-state index contributed by atoms with van der Waals surface area (Å²) >= 11 is 0. The molecule has 0 fully saturated rings. The summed E-state index contributed by atoms with van der Waals surface area (Å²) in [7, 11) is 0. The molecule has 10 heteroatoms. The standard InChI is InChI=1S/C11H12F6O4/c1-5(2)7(18)20-4-6(3)8(19)21-9(10(12,13)14)11(15,16)17/h5,9H,3-4H2,1-2H3. The number of rotatable bonds is 5. The van der Waals surface area contributed by atoms with E-state index in [9.17, 15) is 35.9 Å². The van der Waals surface area contributed by atoms with Gasteiger partial charge in [-0.25, -0.2) is 4.79 Å². The Morgan fingerprint density at radius 3 is 1.81 bits per heavy atom. The molecule has 0 aliphatic heterocycles. The van der Waals surface area contributed by atoms with Crippen LogP contribution in [0.3, 0.4) is 0 Å². The van der Waals surface area contributed by atoms with Crippen LogP contribution in [0.1, 0.15) is 13.8 Å². The van der Waals surface area contributed by atoms with Crippen molar-refractivity contribution >= 4 is 11.9 Å². The van der Waals surface area contributed by atoms with Crippen molar-refractivity contribution in [2.45, 2.75) is 32.3 Å². The van der Waals surface area contributed by atoms with Gasteiger partial charge in [-0.3, -0.25) is 4.79 Å². The maximum atomic E-state index is 12.1. The van der Waals surface area contributed by atoms with Crippen molar-refractivity contribution in [3.63, 3.8) is 0 Å². The highest BCUT2D eigenvalue weighted by Crippen LogP contribution is 2.36. The van der Waals surface area contributed by atoms with Gasteiger partial charge in [0.15, 0.2) is 0 Å². The molecule has 0 atom stereocenters. The van der Waals surface area contributed by atoms with E-state index in [1.807, 2.05) is 0 Å². The third-order valence-electron chi connectivity index (χ3n) is 1.97. The van der Waals surface area contributed by atoms with Gasteiger partial charge < -0.3 is 9.47 Å². The van der Waals surface area contributed by atoms with Crippen LogP contribution >= 0.6 is 0 Å². The molecule has 0 unspecified atom stereocenters. The van der Waals surface area contributed by atoms with E-state index in [4.69, 9.17) is 0 Å². The summed E-state index contributed by atoms with van der Waals surface area (Å²) in [6.07, 6.45) is -15.9. The summed E-state index contributed by atoms with van der Waals surface area (Å²) in [6.45, 7) is 4.93. The topological polar surface area (TPSA) is 52.6 Å². The zero-order valence-corrected chi connectivity index (χ0v) is 11.0. The molecule has 0 aromatic carbocycles. The zero-order valence-electron chi connectivity index (χ0n) is 11.0. The second kappa shape index (κ2) is 6.81. The Balaban J connectivity index is 4.72. The molecule has 0 aromatic heterocycles. The van der Waals surface area contributed by atoms with E-state index in [0.29, 0.717) is 0 Å². The van der Waals surface area contributed by atoms with Gasteiger partial charge in [0.05, 0.1) is 11.5 Å². The number of halogens is 6. The quantitative estimate of drug-likeness (QED) is 0.444. The van der Waals surface area contributed by atoms with Crippen molar-refractivity contribution in [1.82, 2.24) is 0 Å². The highest BCUT2D eigenvalue weighted by Gasteiger charge is 2.60. The van der Waals surface area contributed by atoms with Crippen LogP contribution in [0.25, 0.3) is 0 Å². The van der Waals surface area contributed by atoms with Crippen LogP contribution in [0.15, 0.2) is 12.2 Å². The van der Waals surface area contributed by atoms with E-state index < -0.39 is 48.5 Å².